The van der Waals surface area contributed by atoms with Crippen LogP contribution >= 0.6 is 11.3 Å². The number of rotatable bonds is 13. The van der Waals surface area contributed by atoms with Crippen molar-refractivity contribution >= 4 is 32.7 Å². The summed E-state index contributed by atoms with van der Waals surface area (Å²) >= 11 is 1.00. The van der Waals surface area contributed by atoms with Crippen LogP contribution in [0.1, 0.15) is 116 Å². The molecule has 54 heavy (non-hydrogen) atoms. The molecule has 4 unspecified atom stereocenters. The fourth-order valence-corrected chi connectivity index (χ4v) is 9.88. The largest absolute Gasteiger partial charge is 0.476 e. The van der Waals surface area contributed by atoms with Gasteiger partial charge < -0.3 is 9.64 Å². The van der Waals surface area contributed by atoms with Gasteiger partial charge >= 0.3 is 6.18 Å². The van der Waals surface area contributed by atoms with Gasteiger partial charge in [0.05, 0.1) is 21.4 Å². The van der Waals surface area contributed by atoms with E-state index in [9.17, 15) is 5.26 Å². The number of fused-ring (bicyclic) bond motifs is 2. The van der Waals surface area contributed by atoms with Crippen molar-refractivity contribution in [1.29, 1.82) is 5.26 Å². The number of hydrogen-bond donors (Lipinski definition) is 0. The van der Waals surface area contributed by atoms with Crippen LogP contribution in [0.25, 0.3) is 15.7 Å². The lowest BCUT2D eigenvalue weighted by atomic mass is 9.84. The lowest BCUT2D eigenvalue weighted by Gasteiger charge is -2.36. The minimum absolute atomic E-state index is 0.00491. The molecule has 2 aromatic rings. The number of nitrogens with zero attached hydrogens (tertiary/aromatic N) is 4. The summed E-state index contributed by atoms with van der Waals surface area (Å²) in [6.45, 7) is 22.2. The highest BCUT2D eigenvalue weighted by atomic mass is 32.1. The van der Waals surface area contributed by atoms with Crippen LogP contribution in [-0.2, 0) is 4.74 Å². The lowest BCUT2D eigenvalue weighted by molar-refractivity contribution is -0.0872. The van der Waals surface area contributed by atoms with Crippen molar-refractivity contribution in [2.24, 2.45) is 22.7 Å². The minimum Gasteiger partial charge on any atom is -0.476 e. The van der Waals surface area contributed by atoms with E-state index in [0.717, 1.165) is 81.2 Å². The smallest absolute Gasteiger partial charge is 0.417 e. The summed E-state index contributed by atoms with van der Waals surface area (Å²) in [5, 5.41) is 10.2. The van der Waals surface area contributed by atoms with E-state index in [1.54, 1.807) is 6.92 Å². The number of halogens is 5. The van der Waals surface area contributed by atoms with Gasteiger partial charge in [-0.05, 0) is 93.5 Å². The van der Waals surface area contributed by atoms with Gasteiger partial charge in [0.25, 0.3) is 0 Å². The number of thiophene rings is 1. The molecule has 0 N–H and O–H groups in total. The average Bonchev–Trinajstić information content (AvgIpc) is 3.78. The molecule has 1 aliphatic carbocycles. The third kappa shape index (κ3) is 8.07. The van der Waals surface area contributed by atoms with Crippen molar-refractivity contribution in [2.75, 3.05) is 26.7 Å². The zero-order valence-corrected chi connectivity index (χ0v) is 34.0. The molecule has 0 saturated carbocycles. The molecular weight excluding hydrogens is 716 g/mol. The highest BCUT2D eigenvalue weighted by Gasteiger charge is 2.48. The van der Waals surface area contributed by atoms with Crippen LogP contribution < -0.4 is 0 Å². The molecule has 0 radical (unpaired) electrons. The summed E-state index contributed by atoms with van der Waals surface area (Å²) in [4.78, 5) is 9.44. The molecule has 1 aromatic carbocycles. The monoisotopic (exact) mass is 770 g/mol. The second-order valence-electron chi connectivity index (χ2n) is 16.4. The fraction of sp³-hybridized carbons (Fsp3) is 0.581. The second-order valence-corrected chi connectivity index (χ2v) is 17.4. The van der Waals surface area contributed by atoms with Gasteiger partial charge in [-0.15, -0.1) is 11.3 Å². The van der Waals surface area contributed by atoms with Gasteiger partial charge in [-0.1, -0.05) is 61.0 Å². The van der Waals surface area contributed by atoms with Crippen LogP contribution in [0, 0.1) is 34.9 Å². The first kappa shape index (κ1) is 41.7. The van der Waals surface area contributed by atoms with Crippen LogP contribution in [0.3, 0.4) is 0 Å². The number of nitriles is 1. The molecule has 0 amide bonds. The van der Waals surface area contributed by atoms with E-state index in [1.807, 2.05) is 25.8 Å². The van der Waals surface area contributed by atoms with Crippen molar-refractivity contribution in [3.8, 4) is 6.07 Å². The highest BCUT2D eigenvalue weighted by molar-refractivity contribution is 7.19. The van der Waals surface area contributed by atoms with E-state index < -0.39 is 29.0 Å². The third-order valence-electron chi connectivity index (χ3n) is 11.9. The van der Waals surface area contributed by atoms with Crippen molar-refractivity contribution in [3.63, 3.8) is 0 Å². The van der Waals surface area contributed by atoms with Crippen LogP contribution in [-0.4, -0.2) is 60.0 Å². The van der Waals surface area contributed by atoms with Crippen molar-refractivity contribution < 1.29 is 26.7 Å². The molecular formula is C43H55F5N4OS. The van der Waals surface area contributed by atoms with E-state index in [2.05, 4.69) is 57.2 Å². The average molecular weight is 771 g/mol. The van der Waals surface area contributed by atoms with Crippen LogP contribution in [0.2, 0.25) is 0 Å². The van der Waals surface area contributed by atoms with Crippen LogP contribution in [0.15, 0.2) is 58.3 Å². The summed E-state index contributed by atoms with van der Waals surface area (Å²) in [6, 6.07) is 4.22. The molecule has 2 fully saturated rings. The first-order valence-corrected chi connectivity index (χ1v) is 20.1. The standard InChI is InChI=1S/C43H55F5N4OS/c1-11-26(6)13-16-35(24(2)3)51(10)28(8)31-19-33(43(46,47)48)37(30-14-15-34(44)41-36(30)32(21-49)40(54-41)25(4)5)38(45)39(31)50-29(9)53-23-42-17-12-18-52(42)22-27(7)20-42/h14-15,19,24-27,35H,9,11-13,16-18,20,22-23H2,1-8,10H3/b31-28+,50-39+. The van der Waals surface area contributed by atoms with Crippen molar-refractivity contribution in [2.45, 2.75) is 118 Å². The lowest BCUT2D eigenvalue weighted by Crippen LogP contribution is -2.42. The van der Waals surface area contributed by atoms with Gasteiger partial charge in [0, 0.05) is 46.7 Å². The molecule has 0 bridgehead atoms. The molecule has 294 valence electrons. The molecule has 1 aromatic heterocycles. The number of aliphatic imine (C=N–C) groups is 1. The van der Waals surface area contributed by atoms with E-state index in [-0.39, 0.29) is 68.4 Å². The normalized spacial score (nSPS) is 23.6. The SMILES string of the molecule is C=C(/N=C1/C(F)=C(c2ccc(F)c3sc(C(C)C)c(C#N)c23)C(C(F)(F)F)=C/C1=C(/C)N(C)C(CCC(C)CC)C(C)C)OCC12CCCN1CC(C)C2. The van der Waals surface area contributed by atoms with Gasteiger partial charge in [-0.25, -0.2) is 13.8 Å². The first-order valence-electron chi connectivity index (χ1n) is 19.3. The number of alkyl halides is 3. The Kier molecular flexibility index (Phi) is 12.6. The molecule has 5 nitrogen and oxygen atoms in total. The van der Waals surface area contributed by atoms with Gasteiger partial charge in [0.15, 0.2) is 5.83 Å². The summed E-state index contributed by atoms with van der Waals surface area (Å²) < 4.78 is 85.1. The Labute approximate surface area is 321 Å². The molecule has 11 heteroatoms. The zero-order chi connectivity index (χ0) is 39.9. The second kappa shape index (κ2) is 16.3. The van der Waals surface area contributed by atoms with E-state index >= 15 is 22.0 Å². The van der Waals surface area contributed by atoms with E-state index in [4.69, 9.17) is 4.74 Å². The molecule has 3 aliphatic rings. The molecule has 2 saturated heterocycles. The Morgan fingerprint density at radius 2 is 1.89 bits per heavy atom. The van der Waals surface area contributed by atoms with Gasteiger partial charge in [-0.3, -0.25) is 4.90 Å². The maximum atomic E-state index is 17.6. The summed E-state index contributed by atoms with van der Waals surface area (Å²) in [6.07, 6.45) is 1.60. The number of ether oxygens (including phenoxy) is 1. The summed E-state index contributed by atoms with van der Waals surface area (Å²) in [7, 11) is 1.83. The maximum absolute atomic E-state index is 17.6. The maximum Gasteiger partial charge on any atom is 0.417 e. The molecule has 4 atom stereocenters. The Morgan fingerprint density at radius 3 is 2.50 bits per heavy atom. The predicted molar refractivity (Wildman–Crippen MR) is 210 cm³/mol. The van der Waals surface area contributed by atoms with E-state index in [0.29, 0.717) is 22.4 Å². The van der Waals surface area contributed by atoms with Gasteiger partial charge in [0.1, 0.15) is 24.2 Å². The van der Waals surface area contributed by atoms with E-state index in [1.165, 1.54) is 0 Å². The van der Waals surface area contributed by atoms with Gasteiger partial charge in [0.2, 0.25) is 5.88 Å². The minimum atomic E-state index is -5.02. The Morgan fingerprint density at radius 1 is 1.19 bits per heavy atom. The van der Waals surface area contributed by atoms with Crippen molar-refractivity contribution in [3.05, 3.63) is 75.2 Å². The predicted octanol–water partition coefficient (Wildman–Crippen LogP) is 12.1. The zero-order valence-electron chi connectivity index (χ0n) is 33.2. The number of hydrogen-bond acceptors (Lipinski definition) is 6. The molecule has 0 spiro atoms. The van der Waals surface area contributed by atoms with Crippen LogP contribution in [0.4, 0.5) is 22.0 Å². The van der Waals surface area contributed by atoms with Crippen LogP contribution in [0.5, 0.6) is 0 Å². The molecule has 3 heterocycles. The third-order valence-corrected chi connectivity index (χ3v) is 13.4. The topological polar surface area (TPSA) is 51.9 Å². The quantitative estimate of drug-likeness (QED) is 0.150. The summed E-state index contributed by atoms with van der Waals surface area (Å²) in [5.41, 5.74) is -2.34. The molecule has 5 rings (SSSR count). The fourth-order valence-electron chi connectivity index (χ4n) is 8.70. The Balaban J connectivity index is 1.73. The Hall–Kier alpha value is -3.49. The summed E-state index contributed by atoms with van der Waals surface area (Å²) in [5.74, 6) is -1.14. The van der Waals surface area contributed by atoms with Crippen molar-refractivity contribution in [1.82, 2.24) is 9.80 Å². The van der Waals surface area contributed by atoms with Gasteiger partial charge in [-0.2, -0.15) is 18.4 Å². The number of allylic oxidation sites excluding steroid dienone is 6. The molecule has 2 aliphatic heterocycles. The number of benzene rings is 1. The Bertz CT molecular complexity index is 1930. The highest BCUT2D eigenvalue weighted by Crippen LogP contribution is 2.49. The first-order chi connectivity index (χ1) is 25.3.